The van der Waals surface area contributed by atoms with Gasteiger partial charge in [-0.05, 0) is 42.9 Å². The maximum absolute atomic E-state index is 12.4. The predicted octanol–water partition coefficient (Wildman–Crippen LogP) is 3.87. The second-order valence-corrected chi connectivity index (χ2v) is 7.48. The van der Waals surface area contributed by atoms with Crippen LogP contribution in [0.1, 0.15) is 28.9 Å². The minimum Gasteiger partial charge on any atom is -0.451 e. The number of likely N-dealkylation sites (tertiary alicyclic amines) is 1. The van der Waals surface area contributed by atoms with Gasteiger partial charge >= 0.3 is 5.97 Å². The van der Waals surface area contributed by atoms with Gasteiger partial charge in [-0.3, -0.25) is 4.79 Å². The van der Waals surface area contributed by atoms with E-state index < -0.39 is 5.97 Å². The fourth-order valence-electron chi connectivity index (χ4n) is 3.81. The van der Waals surface area contributed by atoms with Crippen LogP contribution < -0.4 is 0 Å². The monoisotopic (exact) mass is 388 g/mol. The molecular formula is C24H24N2O3. The number of aromatic nitrogens is 1. The lowest BCUT2D eigenvalue weighted by atomic mass is 9.90. The quantitative estimate of drug-likeness (QED) is 0.623. The van der Waals surface area contributed by atoms with Crippen molar-refractivity contribution in [2.45, 2.75) is 19.3 Å². The van der Waals surface area contributed by atoms with Crippen LogP contribution in [-0.4, -0.2) is 41.5 Å². The Balaban J connectivity index is 1.26. The van der Waals surface area contributed by atoms with Gasteiger partial charge in [-0.2, -0.15) is 0 Å². The van der Waals surface area contributed by atoms with Gasteiger partial charge in [0.15, 0.2) is 6.61 Å². The molecule has 0 N–H and O–H groups in total. The topological polar surface area (TPSA) is 59.5 Å². The number of carbonyl (C=O) groups excluding carboxylic acids is 2. The minimum atomic E-state index is -0.567. The molecule has 0 spiro atoms. The van der Waals surface area contributed by atoms with Crippen LogP contribution in [-0.2, 0) is 16.0 Å². The molecule has 1 aliphatic rings. The van der Waals surface area contributed by atoms with E-state index in [4.69, 9.17) is 4.74 Å². The number of piperidine rings is 1. The summed E-state index contributed by atoms with van der Waals surface area (Å²) in [4.78, 5) is 30.8. The van der Waals surface area contributed by atoms with E-state index in [1.165, 1.54) is 5.56 Å². The summed E-state index contributed by atoms with van der Waals surface area (Å²) in [7, 11) is 0. The van der Waals surface area contributed by atoms with Gasteiger partial charge in [0, 0.05) is 18.5 Å². The van der Waals surface area contributed by atoms with Crippen molar-refractivity contribution in [3.8, 4) is 0 Å². The lowest BCUT2D eigenvalue weighted by Crippen LogP contribution is -2.41. The van der Waals surface area contributed by atoms with Crippen LogP contribution in [0.15, 0.2) is 66.7 Å². The number of nitrogens with zero attached hydrogens (tertiary/aromatic N) is 2. The summed E-state index contributed by atoms with van der Waals surface area (Å²) < 4.78 is 5.22. The molecule has 0 bridgehead atoms. The molecule has 1 aliphatic heterocycles. The van der Waals surface area contributed by atoms with Crippen molar-refractivity contribution < 1.29 is 14.3 Å². The van der Waals surface area contributed by atoms with E-state index in [9.17, 15) is 9.59 Å². The SMILES string of the molecule is O=C(OCC(=O)N1CCC(Cc2ccccc2)CC1)c1ccc2ccccc2n1. The van der Waals surface area contributed by atoms with Crippen LogP contribution in [0.25, 0.3) is 10.9 Å². The van der Waals surface area contributed by atoms with Gasteiger partial charge in [0.25, 0.3) is 5.91 Å². The average molecular weight is 388 g/mol. The molecule has 5 nitrogen and oxygen atoms in total. The lowest BCUT2D eigenvalue weighted by Gasteiger charge is -2.32. The number of carbonyl (C=O) groups is 2. The standard InChI is InChI=1S/C24H24N2O3/c27-23(26-14-12-19(13-15-26)16-18-6-2-1-3-7-18)17-29-24(28)22-11-10-20-8-4-5-9-21(20)25-22/h1-11,19H,12-17H2. The summed E-state index contributed by atoms with van der Waals surface area (Å²) in [5, 5.41) is 0.957. The molecule has 29 heavy (non-hydrogen) atoms. The number of esters is 1. The van der Waals surface area contributed by atoms with E-state index in [1.807, 2.05) is 36.4 Å². The van der Waals surface area contributed by atoms with Crippen LogP contribution in [0.3, 0.4) is 0 Å². The van der Waals surface area contributed by atoms with E-state index in [0.717, 1.165) is 30.2 Å². The summed E-state index contributed by atoms with van der Waals surface area (Å²) in [6.45, 7) is 1.18. The Labute approximate surface area is 170 Å². The van der Waals surface area contributed by atoms with E-state index in [0.29, 0.717) is 19.0 Å². The van der Waals surface area contributed by atoms with Crippen LogP contribution >= 0.6 is 0 Å². The molecule has 0 aliphatic carbocycles. The van der Waals surface area contributed by atoms with Crippen LogP contribution in [0, 0.1) is 5.92 Å². The van der Waals surface area contributed by atoms with Gasteiger partial charge in [-0.1, -0.05) is 54.6 Å². The number of hydrogen-bond donors (Lipinski definition) is 0. The molecule has 2 aromatic carbocycles. The Morgan fingerprint density at radius 2 is 1.66 bits per heavy atom. The molecule has 3 aromatic rings. The predicted molar refractivity (Wildman–Crippen MR) is 111 cm³/mol. The first-order chi connectivity index (χ1) is 14.2. The zero-order valence-corrected chi connectivity index (χ0v) is 16.3. The first kappa shape index (κ1) is 19.1. The normalized spacial score (nSPS) is 14.7. The van der Waals surface area contributed by atoms with Gasteiger partial charge in [0.05, 0.1) is 5.52 Å². The highest BCUT2D eigenvalue weighted by atomic mass is 16.5. The van der Waals surface area contributed by atoms with Gasteiger partial charge in [0.2, 0.25) is 0 Å². The van der Waals surface area contributed by atoms with Crippen molar-refractivity contribution >= 4 is 22.8 Å². The Kier molecular flexibility index (Phi) is 5.84. The highest BCUT2D eigenvalue weighted by Crippen LogP contribution is 2.22. The molecule has 2 heterocycles. The minimum absolute atomic E-state index is 0.141. The molecule has 1 saturated heterocycles. The lowest BCUT2D eigenvalue weighted by molar-refractivity contribution is -0.135. The Hall–Kier alpha value is -3.21. The molecule has 4 rings (SSSR count). The number of rotatable bonds is 5. The number of amides is 1. The first-order valence-corrected chi connectivity index (χ1v) is 10.0. The van der Waals surface area contributed by atoms with Crippen LogP contribution in [0.4, 0.5) is 0 Å². The molecule has 1 amide bonds. The number of hydrogen-bond acceptors (Lipinski definition) is 4. The van der Waals surface area contributed by atoms with Crippen molar-refractivity contribution in [3.05, 3.63) is 78.0 Å². The highest BCUT2D eigenvalue weighted by molar-refractivity contribution is 5.92. The van der Waals surface area contributed by atoms with E-state index in [2.05, 4.69) is 29.2 Å². The number of para-hydroxylation sites is 1. The third kappa shape index (κ3) is 4.80. The molecule has 148 valence electrons. The maximum atomic E-state index is 12.4. The molecule has 0 atom stereocenters. The third-order valence-electron chi connectivity index (χ3n) is 5.47. The third-order valence-corrected chi connectivity index (χ3v) is 5.47. The van der Waals surface area contributed by atoms with Crippen LogP contribution in [0.5, 0.6) is 0 Å². The van der Waals surface area contributed by atoms with E-state index >= 15 is 0 Å². The van der Waals surface area contributed by atoms with Crippen LogP contribution in [0.2, 0.25) is 0 Å². The molecule has 0 saturated carbocycles. The van der Waals surface area contributed by atoms with Gasteiger partial charge in [0.1, 0.15) is 5.69 Å². The number of pyridine rings is 1. The van der Waals surface area contributed by atoms with Crippen molar-refractivity contribution in [3.63, 3.8) is 0 Å². The largest absolute Gasteiger partial charge is 0.451 e. The van der Waals surface area contributed by atoms with Crippen molar-refractivity contribution in [1.29, 1.82) is 0 Å². The maximum Gasteiger partial charge on any atom is 0.357 e. The molecule has 1 fully saturated rings. The van der Waals surface area contributed by atoms with Gasteiger partial charge in [-0.15, -0.1) is 0 Å². The number of fused-ring (bicyclic) bond motifs is 1. The zero-order chi connectivity index (χ0) is 20.1. The van der Waals surface area contributed by atoms with Crippen molar-refractivity contribution in [2.75, 3.05) is 19.7 Å². The number of benzene rings is 2. The fraction of sp³-hybridized carbons (Fsp3) is 0.292. The summed E-state index contributed by atoms with van der Waals surface area (Å²) in [6.07, 6.45) is 2.99. The summed E-state index contributed by atoms with van der Waals surface area (Å²) in [5.41, 5.74) is 2.29. The fourth-order valence-corrected chi connectivity index (χ4v) is 3.81. The molecule has 5 heteroatoms. The second kappa shape index (κ2) is 8.86. The van der Waals surface area contributed by atoms with E-state index in [1.54, 1.807) is 11.0 Å². The van der Waals surface area contributed by atoms with Gasteiger partial charge < -0.3 is 9.64 Å². The molecule has 0 radical (unpaired) electrons. The smallest absolute Gasteiger partial charge is 0.357 e. The zero-order valence-electron chi connectivity index (χ0n) is 16.3. The summed E-state index contributed by atoms with van der Waals surface area (Å²) >= 11 is 0. The van der Waals surface area contributed by atoms with Crippen molar-refractivity contribution in [2.24, 2.45) is 5.92 Å². The summed E-state index contributed by atoms with van der Waals surface area (Å²) in [6, 6.07) is 21.5. The van der Waals surface area contributed by atoms with Gasteiger partial charge in [-0.25, -0.2) is 9.78 Å². The first-order valence-electron chi connectivity index (χ1n) is 10.0. The second-order valence-electron chi connectivity index (χ2n) is 7.48. The Bertz CT molecular complexity index is 995. The molecule has 0 unspecified atom stereocenters. The molecule has 1 aromatic heterocycles. The average Bonchev–Trinajstić information content (AvgIpc) is 2.78. The molecular weight excluding hydrogens is 364 g/mol. The van der Waals surface area contributed by atoms with E-state index in [-0.39, 0.29) is 18.2 Å². The number of ether oxygens (including phenoxy) is 1. The summed E-state index contributed by atoms with van der Waals surface area (Å²) in [5.74, 6) is -0.119. The Morgan fingerprint density at radius 3 is 2.45 bits per heavy atom. The highest BCUT2D eigenvalue weighted by Gasteiger charge is 2.24. The van der Waals surface area contributed by atoms with Crippen molar-refractivity contribution in [1.82, 2.24) is 9.88 Å². The Morgan fingerprint density at radius 1 is 0.931 bits per heavy atom.